The predicted molar refractivity (Wildman–Crippen MR) is 133 cm³/mol. The summed E-state index contributed by atoms with van der Waals surface area (Å²) in [6.07, 6.45) is 0. The molecule has 0 aliphatic rings. The second-order valence-corrected chi connectivity index (χ2v) is 9.00. The number of aromatic nitrogens is 4. The molecular formula is C27H25FN4O2. The van der Waals surface area contributed by atoms with E-state index in [2.05, 4.69) is 18.2 Å². The fourth-order valence-corrected chi connectivity index (χ4v) is 4.50. The third-order valence-corrected chi connectivity index (χ3v) is 6.09. The van der Waals surface area contributed by atoms with Crippen molar-refractivity contribution in [2.45, 2.75) is 26.9 Å². The Hall–Kier alpha value is -4.00. The van der Waals surface area contributed by atoms with E-state index in [9.17, 15) is 14.0 Å². The first-order chi connectivity index (χ1) is 16.3. The fraction of sp³-hybridized carbons (Fsp3) is 0.222. The normalized spacial score (nSPS) is 11.7. The number of rotatable bonds is 5. The molecule has 0 atom stereocenters. The lowest BCUT2D eigenvalue weighted by molar-refractivity contribution is 0.498. The van der Waals surface area contributed by atoms with E-state index in [0.29, 0.717) is 35.4 Å². The van der Waals surface area contributed by atoms with Crippen molar-refractivity contribution in [3.63, 3.8) is 0 Å². The zero-order valence-electron chi connectivity index (χ0n) is 19.3. The Morgan fingerprint density at radius 3 is 2.38 bits per heavy atom. The highest BCUT2D eigenvalue weighted by Gasteiger charge is 2.23. The molecule has 0 aliphatic carbocycles. The highest BCUT2D eigenvalue weighted by Crippen LogP contribution is 2.29. The molecule has 0 saturated carbocycles. The van der Waals surface area contributed by atoms with E-state index >= 15 is 0 Å². The molecular weight excluding hydrogens is 431 g/mol. The molecule has 0 bridgehead atoms. The van der Waals surface area contributed by atoms with Crippen LogP contribution in [0.5, 0.6) is 0 Å². The van der Waals surface area contributed by atoms with Crippen LogP contribution in [0.2, 0.25) is 0 Å². The van der Waals surface area contributed by atoms with Crippen molar-refractivity contribution in [2.75, 3.05) is 0 Å². The largest absolute Gasteiger partial charge is 0.332 e. The summed E-state index contributed by atoms with van der Waals surface area (Å²) in [4.78, 5) is 26.3. The second kappa shape index (κ2) is 8.41. The average molecular weight is 457 g/mol. The van der Waals surface area contributed by atoms with Crippen LogP contribution in [-0.2, 0) is 20.1 Å². The summed E-state index contributed by atoms with van der Waals surface area (Å²) in [6.45, 7) is 4.84. The summed E-state index contributed by atoms with van der Waals surface area (Å²) in [5.74, 6) is -0.186. The Kier molecular flexibility index (Phi) is 5.40. The van der Waals surface area contributed by atoms with Crippen LogP contribution in [0.4, 0.5) is 4.39 Å². The van der Waals surface area contributed by atoms with Crippen LogP contribution in [0.15, 0.2) is 76.3 Å². The van der Waals surface area contributed by atoms with Gasteiger partial charge in [0.1, 0.15) is 11.2 Å². The molecule has 0 amide bonds. The van der Waals surface area contributed by atoms with Crippen LogP contribution >= 0.6 is 0 Å². The van der Waals surface area contributed by atoms with Gasteiger partial charge >= 0.3 is 5.69 Å². The maximum Gasteiger partial charge on any atom is 0.332 e. The molecule has 0 N–H and O–H groups in total. The van der Waals surface area contributed by atoms with Crippen molar-refractivity contribution >= 4 is 21.8 Å². The highest BCUT2D eigenvalue weighted by atomic mass is 19.1. The van der Waals surface area contributed by atoms with Crippen LogP contribution in [0.1, 0.15) is 19.4 Å². The van der Waals surface area contributed by atoms with Gasteiger partial charge < -0.3 is 0 Å². The molecule has 172 valence electrons. The zero-order valence-corrected chi connectivity index (χ0v) is 19.3. The van der Waals surface area contributed by atoms with Crippen molar-refractivity contribution in [3.8, 4) is 11.3 Å². The molecule has 34 heavy (non-hydrogen) atoms. The lowest BCUT2D eigenvalue weighted by atomic mass is 10.0. The van der Waals surface area contributed by atoms with E-state index in [1.807, 2.05) is 38.1 Å². The van der Waals surface area contributed by atoms with Crippen LogP contribution in [-0.4, -0.2) is 18.9 Å². The van der Waals surface area contributed by atoms with Gasteiger partial charge in [-0.05, 0) is 46.5 Å². The molecule has 5 rings (SSSR count). The minimum atomic E-state index is -0.413. The maximum absolute atomic E-state index is 13.7. The smallest absolute Gasteiger partial charge is 0.276 e. The number of nitrogens with zero attached hydrogens (tertiary/aromatic N) is 4. The van der Waals surface area contributed by atoms with Crippen LogP contribution in [0.3, 0.4) is 0 Å². The predicted octanol–water partition coefficient (Wildman–Crippen LogP) is 4.56. The van der Waals surface area contributed by atoms with Gasteiger partial charge in [0.05, 0.1) is 12.2 Å². The van der Waals surface area contributed by atoms with E-state index < -0.39 is 11.2 Å². The molecule has 6 nitrogen and oxygen atoms in total. The minimum absolute atomic E-state index is 0.177. The number of fused-ring (bicyclic) bond motifs is 2. The average Bonchev–Trinajstić information content (AvgIpc) is 3.20. The van der Waals surface area contributed by atoms with E-state index in [1.165, 1.54) is 19.2 Å². The topological polar surface area (TPSA) is 61.8 Å². The van der Waals surface area contributed by atoms with Crippen molar-refractivity contribution in [3.05, 3.63) is 98.9 Å². The number of hydrogen-bond donors (Lipinski definition) is 0. The molecule has 0 fully saturated rings. The van der Waals surface area contributed by atoms with Crippen molar-refractivity contribution in [1.29, 1.82) is 0 Å². The van der Waals surface area contributed by atoms with Gasteiger partial charge in [0.25, 0.3) is 5.56 Å². The summed E-state index contributed by atoms with van der Waals surface area (Å²) in [6, 6.07) is 20.2. The maximum atomic E-state index is 13.7. The van der Waals surface area contributed by atoms with Crippen LogP contribution in [0, 0.1) is 11.7 Å². The summed E-state index contributed by atoms with van der Waals surface area (Å²) in [5.41, 5.74) is 1.80. The molecule has 5 aromatic rings. The molecule has 0 radical (unpaired) electrons. The minimum Gasteiger partial charge on any atom is -0.276 e. The summed E-state index contributed by atoms with van der Waals surface area (Å²) in [7, 11) is 1.48. The third-order valence-electron chi connectivity index (χ3n) is 6.09. The Labute approximate surface area is 195 Å². The van der Waals surface area contributed by atoms with Gasteiger partial charge in [0.2, 0.25) is 0 Å². The summed E-state index contributed by atoms with van der Waals surface area (Å²) < 4.78 is 18.2. The Morgan fingerprint density at radius 2 is 1.65 bits per heavy atom. The van der Waals surface area contributed by atoms with E-state index in [4.69, 9.17) is 5.10 Å². The van der Waals surface area contributed by atoms with Gasteiger partial charge in [-0.2, -0.15) is 5.10 Å². The number of hydrogen-bond acceptors (Lipinski definition) is 3. The van der Waals surface area contributed by atoms with Gasteiger partial charge in [-0.25, -0.2) is 9.18 Å². The van der Waals surface area contributed by atoms with Gasteiger partial charge in [0.15, 0.2) is 5.65 Å². The zero-order chi connectivity index (χ0) is 24.0. The first kappa shape index (κ1) is 21.8. The van der Waals surface area contributed by atoms with Crippen molar-refractivity contribution in [2.24, 2.45) is 13.0 Å². The van der Waals surface area contributed by atoms with Crippen molar-refractivity contribution in [1.82, 2.24) is 18.9 Å². The highest BCUT2D eigenvalue weighted by molar-refractivity contribution is 5.91. The van der Waals surface area contributed by atoms with Gasteiger partial charge in [-0.3, -0.25) is 18.6 Å². The second-order valence-electron chi connectivity index (χ2n) is 9.00. The van der Waals surface area contributed by atoms with Crippen LogP contribution < -0.4 is 11.2 Å². The molecule has 2 heterocycles. The van der Waals surface area contributed by atoms with E-state index in [1.54, 1.807) is 21.4 Å². The Bertz CT molecular complexity index is 1640. The van der Waals surface area contributed by atoms with E-state index in [-0.39, 0.29) is 11.7 Å². The van der Waals surface area contributed by atoms with Crippen molar-refractivity contribution < 1.29 is 4.39 Å². The van der Waals surface area contributed by atoms with Gasteiger partial charge in [-0.1, -0.05) is 56.3 Å². The summed E-state index contributed by atoms with van der Waals surface area (Å²) >= 11 is 0. The SMILES string of the molecule is CC(C)Cn1c(=O)n(C)c(=O)c2c(-c3ccc(F)cc3)n(Cc3cccc4ccccc34)nc21. The standard InChI is InChI=1S/C27H25FN4O2/c1-17(2)15-31-25-23(26(33)30(3)27(31)34)24(19-11-13-21(28)14-12-19)32(29-25)16-20-9-6-8-18-7-4-5-10-22(18)20/h4-14,17H,15-16H2,1-3H3. The molecule has 0 spiro atoms. The first-order valence-corrected chi connectivity index (χ1v) is 11.3. The molecule has 3 aromatic carbocycles. The molecule has 2 aromatic heterocycles. The Morgan fingerprint density at radius 1 is 0.941 bits per heavy atom. The molecule has 0 unspecified atom stereocenters. The fourth-order valence-electron chi connectivity index (χ4n) is 4.50. The van der Waals surface area contributed by atoms with E-state index in [0.717, 1.165) is 20.9 Å². The van der Waals surface area contributed by atoms with Gasteiger partial charge in [-0.15, -0.1) is 0 Å². The molecule has 7 heteroatoms. The molecule has 0 aliphatic heterocycles. The Balaban J connectivity index is 1.84. The lowest BCUT2D eigenvalue weighted by Crippen LogP contribution is -2.38. The summed E-state index contributed by atoms with van der Waals surface area (Å²) in [5, 5.41) is 7.35. The monoisotopic (exact) mass is 456 g/mol. The third kappa shape index (κ3) is 3.63. The molecule has 0 saturated heterocycles. The number of benzene rings is 3. The lowest BCUT2D eigenvalue weighted by Gasteiger charge is -2.11. The quantitative estimate of drug-likeness (QED) is 0.390. The van der Waals surface area contributed by atoms with Gasteiger partial charge in [0, 0.05) is 19.2 Å². The van der Waals surface area contributed by atoms with Crippen LogP contribution in [0.25, 0.3) is 33.1 Å². The number of halogens is 1. The first-order valence-electron chi connectivity index (χ1n) is 11.3.